The highest BCUT2D eigenvalue weighted by Crippen LogP contribution is 2.21. The van der Waals surface area contributed by atoms with Gasteiger partial charge >= 0.3 is 0 Å². The Morgan fingerprint density at radius 1 is 1.46 bits per heavy atom. The Labute approximate surface area is 82.7 Å². The number of rotatable bonds is 3. The summed E-state index contributed by atoms with van der Waals surface area (Å²) in [6.45, 7) is 2.56. The van der Waals surface area contributed by atoms with Crippen molar-refractivity contribution in [3.05, 3.63) is 29.8 Å². The first-order chi connectivity index (χ1) is 6.27. The molecule has 0 aromatic heterocycles. The normalized spacial score (nSPS) is 11.8. The number of nitrogens with zero attached hydrogens (tertiary/aromatic N) is 1. The third-order valence-corrected chi connectivity index (χ3v) is 1.95. The van der Waals surface area contributed by atoms with Gasteiger partial charge < -0.3 is 4.74 Å². The van der Waals surface area contributed by atoms with Crippen molar-refractivity contribution in [1.82, 2.24) is 0 Å². The largest absolute Gasteiger partial charge is 0.494 e. The van der Waals surface area contributed by atoms with Crippen LogP contribution in [0.1, 0.15) is 17.9 Å². The molecule has 68 valence electrons. The summed E-state index contributed by atoms with van der Waals surface area (Å²) in [5, 5.41) is 7.97. The summed E-state index contributed by atoms with van der Waals surface area (Å²) >= 11 is 5.72. The van der Waals surface area contributed by atoms with Gasteiger partial charge in [-0.15, -0.1) is 11.6 Å². The Morgan fingerprint density at radius 3 is 2.54 bits per heavy atom. The number of alkyl halides is 1. The van der Waals surface area contributed by atoms with E-state index in [1.54, 1.807) is 12.1 Å². The van der Waals surface area contributed by atoms with Crippen LogP contribution in [0.2, 0.25) is 0 Å². The van der Waals surface area contributed by atoms with Crippen molar-refractivity contribution in [3.63, 3.8) is 0 Å². The molecule has 0 saturated carbocycles. The van der Waals surface area contributed by atoms with Gasteiger partial charge in [0.1, 0.15) is 11.1 Å². The molecule has 0 saturated heterocycles. The average molecular weight is 196 g/mol. The summed E-state index contributed by atoms with van der Waals surface area (Å²) in [5.74, 6) is 0.799. The summed E-state index contributed by atoms with van der Waals surface area (Å²) in [7, 11) is 0. The Hall–Kier alpha value is -1.20. The van der Waals surface area contributed by atoms with Crippen LogP contribution in [0.15, 0.2) is 24.3 Å². The minimum Gasteiger partial charge on any atom is -0.494 e. The summed E-state index contributed by atoms with van der Waals surface area (Å²) in [6.07, 6.45) is 0. The molecule has 0 N–H and O–H groups in total. The van der Waals surface area contributed by atoms with E-state index in [-0.39, 0.29) is 0 Å². The van der Waals surface area contributed by atoms with E-state index in [1.807, 2.05) is 25.1 Å². The van der Waals surface area contributed by atoms with Crippen molar-refractivity contribution in [2.75, 3.05) is 6.61 Å². The maximum absolute atomic E-state index is 8.55. The molecule has 0 radical (unpaired) electrons. The predicted molar refractivity (Wildman–Crippen MR) is 51.8 cm³/mol. The maximum Gasteiger partial charge on any atom is 0.145 e. The Morgan fingerprint density at radius 2 is 2.08 bits per heavy atom. The smallest absolute Gasteiger partial charge is 0.145 e. The van der Waals surface area contributed by atoms with Crippen LogP contribution in [-0.4, -0.2) is 6.61 Å². The molecule has 0 heterocycles. The molecule has 0 fully saturated rings. The van der Waals surface area contributed by atoms with Gasteiger partial charge in [-0.2, -0.15) is 5.26 Å². The highest BCUT2D eigenvalue weighted by atomic mass is 35.5. The fraction of sp³-hybridized carbons (Fsp3) is 0.300. The minimum atomic E-state index is -0.573. The topological polar surface area (TPSA) is 33.0 Å². The van der Waals surface area contributed by atoms with Gasteiger partial charge in [-0.3, -0.25) is 0 Å². The lowest BCUT2D eigenvalue weighted by Crippen LogP contribution is -1.92. The first-order valence-electron chi connectivity index (χ1n) is 4.04. The van der Waals surface area contributed by atoms with E-state index in [9.17, 15) is 0 Å². The molecule has 0 spiro atoms. The summed E-state index contributed by atoms with van der Waals surface area (Å²) < 4.78 is 5.25. The Kier molecular flexibility index (Phi) is 3.60. The second kappa shape index (κ2) is 4.74. The molecule has 2 nitrogen and oxygen atoms in total. The number of benzene rings is 1. The number of hydrogen-bond acceptors (Lipinski definition) is 2. The van der Waals surface area contributed by atoms with Crippen LogP contribution in [0.5, 0.6) is 5.75 Å². The fourth-order valence-corrected chi connectivity index (χ4v) is 1.12. The lowest BCUT2D eigenvalue weighted by molar-refractivity contribution is 0.340. The second-order valence-corrected chi connectivity index (χ2v) is 2.93. The zero-order valence-corrected chi connectivity index (χ0v) is 8.08. The molecular formula is C10H10ClNO. The highest BCUT2D eigenvalue weighted by Gasteiger charge is 2.04. The van der Waals surface area contributed by atoms with Gasteiger partial charge in [0.15, 0.2) is 0 Å². The monoisotopic (exact) mass is 195 g/mol. The molecule has 0 amide bonds. The molecule has 0 aliphatic heterocycles. The lowest BCUT2D eigenvalue weighted by atomic mass is 10.1. The minimum absolute atomic E-state index is 0.573. The number of ether oxygens (including phenoxy) is 1. The highest BCUT2D eigenvalue weighted by molar-refractivity contribution is 6.22. The molecule has 3 heteroatoms. The molecule has 1 atom stereocenters. The lowest BCUT2D eigenvalue weighted by Gasteiger charge is -2.04. The third kappa shape index (κ3) is 2.64. The third-order valence-electron chi connectivity index (χ3n) is 1.60. The van der Waals surface area contributed by atoms with E-state index < -0.39 is 5.38 Å². The zero-order valence-electron chi connectivity index (χ0n) is 7.33. The molecule has 1 aromatic rings. The van der Waals surface area contributed by atoms with Crippen LogP contribution in [0.25, 0.3) is 0 Å². The van der Waals surface area contributed by atoms with Crippen LogP contribution in [0.4, 0.5) is 0 Å². The molecule has 1 rings (SSSR count). The van der Waals surface area contributed by atoms with E-state index in [4.69, 9.17) is 21.6 Å². The van der Waals surface area contributed by atoms with Crippen LogP contribution >= 0.6 is 11.6 Å². The summed E-state index contributed by atoms with van der Waals surface area (Å²) in [5.41, 5.74) is 0.799. The fourth-order valence-electron chi connectivity index (χ4n) is 0.974. The van der Waals surface area contributed by atoms with Gasteiger partial charge in [0.25, 0.3) is 0 Å². The van der Waals surface area contributed by atoms with E-state index in [0.29, 0.717) is 6.61 Å². The van der Waals surface area contributed by atoms with Crippen molar-refractivity contribution in [1.29, 1.82) is 5.26 Å². The summed E-state index contributed by atoms with van der Waals surface area (Å²) in [4.78, 5) is 0. The molecule has 0 unspecified atom stereocenters. The SMILES string of the molecule is CCOc1ccc([C@H](Cl)C#N)cc1. The molecule has 0 bridgehead atoms. The molecule has 13 heavy (non-hydrogen) atoms. The van der Waals surface area contributed by atoms with E-state index >= 15 is 0 Å². The average Bonchev–Trinajstić information content (AvgIpc) is 2.18. The van der Waals surface area contributed by atoms with Gasteiger partial charge in [0.05, 0.1) is 12.7 Å². The van der Waals surface area contributed by atoms with Crippen molar-refractivity contribution in [2.24, 2.45) is 0 Å². The Bertz CT molecular complexity index is 302. The quantitative estimate of drug-likeness (QED) is 0.695. The number of halogens is 1. The number of nitriles is 1. The van der Waals surface area contributed by atoms with Gasteiger partial charge in [0.2, 0.25) is 0 Å². The van der Waals surface area contributed by atoms with Crippen LogP contribution in [0, 0.1) is 11.3 Å². The van der Waals surface area contributed by atoms with E-state index in [1.165, 1.54) is 0 Å². The van der Waals surface area contributed by atoms with Gasteiger partial charge in [-0.05, 0) is 24.6 Å². The molecule has 0 aliphatic rings. The first kappa shape index (κ1) is 9.88. The second-order valence-electron chi connectivity index (χ2n) is 2.49. The summed E-state index contributed by atoms with van der Waals surface area (Å²) in [6, 6.07) is 9.17. The van der Waals surface area contributed by atoms with Crippen molar-refractivity contribution in [3.8, 4) is 11.8 Å². The molecule has 0 aliphatic carbocycles. The molecule has 1 aromatic carbocycles. The van der Waals surface area contributed by atoms with Crippen LogP contribution < -0.4 is 4.74 Å². The standard InChI is InChI=1S/C10H10ClNO/c1-2-13-9-5-3-8(4-6-9)10(11)7-12/h3-6,10H,2H2,1H3/t10-/m1/s1. The van der Waals surface area contributed by atoms with Crippen LogP contribution in [-0.2, 0) is 0 Å². The maximum atomic E-state index is 8.55. The van der Waals surface area contributed by atoms with Gasteiger partial charge in [-0.1, -0.05) is 12.1 Å². The Balaban J connectivity index is 2.76. The zero-order chi connectivity index (χ0) is 9.68. The number of hydrogen-bond donors (Lipinski definition) is 0. The predicted octanol–water partition coefficient (Wildman–Crippen LogP) is 2.89. The van der Waals surface area contributed by atoms with E-state index in [0.717, 1.165) is 11.3 Å². The van der Waals surface area contributed by atoms with Crippen LogP contribution in [0.3, 0.4) is 0 Å². The first-order valence-corrected chi connectivity index (χ1v) is 4.48. The van der Waals surface area contributed by atoms with Crippen molar-refractivity contribution < 1.29 is 4.74 Å². The molecular weight excluding hydrogens is 186 g/mol. The van der Waals surface area contributed by atoms with Gasteiger partial charge in [0, 0.05) is 0 Å². The van der Waals surface area contributed by atoms with Gasteiger partial charge in [-0.25, -0.2) is 0 Å². The van der Waals surface area contributed by atoms with Crippen molar-refractivity contribution >= 4 is 11.6 Å². The van der Waals surface area contributed by atoms with E-state index in [2.05, 4.69) is 0 Å². The van der Waals surface area contributed by atoms with Crippen molar-refractivity contribution in [2.45, 2.75) is 12.3 Å².